The molecule has 2 aromatic carbocycles. The topological polar surface area (TPSA) is 76.1 Å². The number of nitrogens with zero attached hydrogens (tertiary/aromatic N) is 1. The summed E-state index contributed by atoms with van der Waals surface area (Å²) in [4.78, 5) is 28.3. The van der Waals surface area contributed by atoms with Crippen LogP contribution in [0, 0.1) is 11.7 Å². The largest absolute Gasteiger partial charge is 0.493 e. The molecule has 0 spiro atoms. The minimum Gasteiger partial charge on any atom is -0.493 e. The monoisotopic (exact) mass is 647 g/mol. The van der Waals surface area contributed by atoms with Gasteiger partial charge < -0.3 is 19.5 Å². The highest BCUT2D eigenvalue weighted by atomic mass is 35.5. The van der Waals surface area contributed by atoms with Gasteiger partial charge in [-0.2, -0.15) is 0 Å². The Morgan fingerprint density at radius 3 is 1.93 bits per heavy atom. The number of carboxylic acids is 1. The van der Waals surface area contributed by atoms with Crippen molar-refractivity contribution in [1.82, 2.24) is 4.90 Å². The Labute approximate surface area is 276 Å². The van der Waals surface area contributed by atoms with Crippen LogP contribution in [0.15, 0.2) is 42.5 Å². The van der Waals surface area contributed by atoms with E-state index >= 15 is 0 Å². The van der Waals surface area contributed by atoms with Gasteiger partial charge in [0.05, 0.1) is 19.6 Å². The second-order valence-corrected chi connectivity index (χ2v) is 12.5. The van der Waals surface area contributed by atoms with E-state index in [1.807, 2.05) is 18.2 Å². The number of carbonyl (C=O) groups is 2. The van der Waals surface area contributed by atoms with Crippen molar-refractivity contribution in [3.05, 3.63) is 59.4 Å². The Bertz CT molecular complexity index is 1150. The van der Waals surface area contributed by atoms with Crippen molar-refractivity contribution in [2.24, 2.45) is 5.92 Å². The maximum Gasteiger partial charge on any atom is 0.314 e. The number of methoxy groups -OCH3 is 2. The quantitative estimate of drug-likeness (QED) is 0.107. The molecule has 1 fully saturated rings. The minimum absolute atomic E-state index is 0. The normalized spacial score (nSPS) is 15.2. The van der Waals surface area contributed by atoms with E-state index in [9.17, 15) is 19.1 Å². The van der Waals surface area contributed by atoms with Crippen LogP contribution in [-0.2, 0) is 10.2 Å². The third kappa shape index (κ3) is 11.6. The number of unbranched alkanes of at least 4 members (excludes halogenated alkanes) is 9. The van der Waals surface area contributed by atoms with E-state index in [2.05, 4.69) is 11.8 Å². The molecule has 3 rings (SSSR count). The molecule has 1 unspecified atom stereocenters. The minimum atomic E-state index is -1.00. The molecule has 8 heteroatoms. The molecule has 45 heavy (non-hydrogen) atoms. The SMILES string of the molecule is CCCCCCCCCCCCC(CCCN1CCC(C(=O)c2ccc(F)cc2)CC1)(C(=O)O)c1ccc(OC)c(OC)c1.Cl. The van der Waals surface area contributed by atoms with E-state index in [1.165, 1.54) is 57.1 Å². The van der Waals surface area contributed by atoms with E-state index in [0.717, 1.165) is 63.7 Å². The Kier molecular flexibility index (Phi) is 17.5. The number of ketones is 1. The molecule has 0 bridgehead atoms. The summed E-state index contributed by atoms with van der Waals surface area (Å²) in [5.41, 5.74) is 0.330. The lowest BCUT2D eigenvalue weighted by atomic mass is 9.72. The summed E-state index contributed by atoms with van der Waals surface area (Å²) in [6.07, 6.45) is 15.4. The molecule has 1 saturated heterocycles. The van der Waals surface area contributed by atoms with Gasteiger partial charge in [0.15, 0.2) is 17.3 Å². The van der Waals surface area contributed by atoms with Crippen LogP contribution in [-0.4, -0.2) is 55.6 Å². The van der Waals surface area contributed by atoms with Crippen molar-refractivity contribution in [1.29, 1.82) is 0 Å². The van der Waals surface area contributed by atoms with Crippen LogP contribution in [0.1, 0.15) is 119 Å². The number of benzene rings is 2. The number of aliphatic carboxylic acids is 1. The zero-order valence-corrected chi connectivity index (χ0v) is 28.5. The molecule has 1 heterocycles. The van der Waals surface area contributed by atoms with Gasteiger partial charge in [0.1, 0.15) is 5.82 Å². The third-order valence-electron chi connectivity index (χ3n) is 9.47. The van der Waals surface area contributed by atoms with Gasteiger partial charge in [-0.25, -0.2) is 4.39 Å². The summed E-state index contributed by atoms with van der Waals surface area (Å²) >= 11 is 0. The van der Waals surface area contributed by atoms with Crippen molar-refractivity contribution in [3.8, 4) is 11.5 Å². The number of carboxylic acid groups (broad SMARTS) is 1. The maximum atomic E-state index is 13.3. The van der Waals surface area contributed by atoms with Crippen molar-refractivity contribution in [2.45, 2.75) is 109 Å². The van der Waals surface area contributed by atoms with Crippen LogP contribution in [0.5, 0.6) is 11.5 Å². The molecule has 1 atom stereocenters. The van der Waals surface area contributed by atoms with Gasteiger partial charge in [-0.1, -0.05) is 77.2 Å². The molecule has 2 aromatic rings. The first-order valence-corrected chi connectivity index (χ1v) is 16.8. The lowest BCUT2D eigenvalue weighted by Crippen LogP contribution is -2.39. The van der Waals surface area contributed by atoms with Gasteiger partial charge in [-0.15, -0.1) is 12.4 Å². The van der Waals surface area contributed by atoms with Gasteiger partial charge in [0, 0.05) is 11.5 Å². The zero-order chi connectivity index (χ0) is 31.8. The summed E-state index contributed by atoms with van der Waals surface area (Å²) in [7, 11) is 3.17. The van der Waals surface area contributed by atoms with E-state index in [0.29, 0.717) is 29.9 Å². The maximum absolute atomic E-state index is 13.3. The highest BCUT2D eigenvalue weighted by Gasteiger charge is 2.40. The van der Waals surface area contributed by atoms with Gasteiger partial charge in [0.25, 0.3) is 0 Å². The number of halogens is 2. The number of ether oxygens (including phenoxy) is 2. The van der Waals surface area contributed by atoms with E-state index in [4.69, 9.17) is 9.47 Å². The fraction of sp³-hybridized carbons (Fsp3) is 0.622. The van der Waals surface area contributed by atoms with Gasteiger partial charge >= 0.3 is 5.97 Å². The molecule has 0 amide bonds. The van der Waals surface area contributed by atoms with Gasteiger partial charge in [-0.3, -0.25) is 9.59 Å². The summed E-state index contributed by atoms with van der Waals surface area (Å²) in [5.74, 6) is 0.0378. The average molecular weight is 648 g/mol. The van der Waals surface area contributed by atoms with E-state index < -0.39 is 11.4 Å². The summed E-state index contributed by atoms with van der Waals surface area (Å²) in [6.45, 7) is 4.63. The number of hydrogen-bond donors (Lipinski definition) is 1. The number of likely N-dealkylation sites (tertiary alicyclic amines) is 1. The molecular formula is C37H55ClFNO5. The average Bonchev–Trinajstić information content (AvgIpc) is 3.04. The van der Waals surface area contributed by atoms with E-state index in [-0.39, 0.29) is 29.9 Å². The Morgan fingerprint density at radius 1 is 0.822 bits per heavy atom. The molecule has 1 aliphatic heterocycles. The first-order chi connectivity index (χ1) is 21.3. The molecule has 6 nitrogen and oxygen atoms in total. The smallest absolute Gasteiger partial charge is 0.314 e. The van der Waals surface area contributed by atoms with Crippen molar-refractivity contribution >= 4 is 24.2 Å². The summed E-state index contributed by atoms with van der Waals surface area (Å²) in [6, 6.07) is 11.4. The lowest BCUT2D eigenvalue weighted by Gasteiger charge is -2.34. The molecule has 252 valence electrons. The van der Waals surface area contributed by atoms with Gasteiger partial charge in [0.2, 0.25) is 0 Å². The molecule has 0 radical (unpaired) electrons. The van der Waals surface area contributed by atoms with Crippen LogP contribution in [0.2, 0.25) is 0 Å². The fourth-order valence-electron chi connectivity index (χ4n) is 6.67. The van der Waals surface area contributed by atoms with E-state index in [1.54, 1.807) is 26.4 Å². The zero-order valence-electron chi connectivity index (χ0n) is 27.7. The lowest BCUT2D eigenvalue weighted by molar-refractivity contribution is -0.144. The predicted octanol–water partition coefficient (Wildman–Crippen LogP) is 9.27. The molecule has 1 N–H and O–H groups in total. The molecule has 0 saturated carbocycles. The second-order valence-electron chi connectivity index (χ2n) is 12.5. The van der Waals surface area contributed by atoms with Crippen molar-refractivity contribution in [2.75, 3.05) is 33.9 Å². The van der Waals surface area contributed by atoms with Crippen LogP contribution in [0.3, 0.4) is 0 Å². The number of hydrogen-bond acceptors (Lipinski definition) is 5. The third-order valence-corrected chi connectivity index (χ3v) is 9.47. The Hall–Kier alpha value is -2.64. The van der Waals surface area contributed by atoms with Crippen LogP contribution in [0.25, 0.3) is 0 Å². The predicted molar refractivity (Wildman–Crippen MR) is 182 cm³/mol. The first-order valence-electron chi connectivity index (χ1n) is 16.8. The Morgan fingerprint density at radius 2 is 1.38 bits per heavy atom. The molecule has 1 aliphatic rings. The second kappa shape index (κ2) is 20.5. The highest BCUT2D eigenvalue weighted by Crippen LogP contribution is 2.40. The summed E-state index contributed by atoms with van der Waals surface area (Å²) < 4.78 is 24.3. The Balaban J connectivity index is 0.00000705. The molecule has 0 aliphatic carbocycles. The fourth-order valence-corrected chi connectivity index (χ4v) is 6.67. The van der Waals surface area contributed by atoms with Crippen molar-refractivity contribution < 1.29 is 28.6 Å². The van der Waals surface area contributed by atoms with Gasteiger partial charge in [-0.05, 0) is 93.7 Å². The molecule has 0 aromatic heterocycles. The number of Topliss-reactive ketones (excluding diaryl/α,β-unsaturated/α-hetero) is 1. The standard InChI is InChI=1S/C37H54FNO5.ClH/c1-4-5-6-7-8-9-10-11-12-13-23-37(36(41)42,31-17-20-33(43-2)34(28-31)44-3)24-14-25-39-26-21-30(22-27-39)35(40)29-15-18-32(38)19-16-29;/h15-20,28,30H,4-14,21-27H2,1-3H3,(H,41,42);1H. The highest BCUT2D eigenvalue weighted by molar-refractivity contribution is 5.97. The van der Waals surface area contributed by atoms with Crippen molar-refractivity contribution in [3.63, 3.8) is 0 Å². The van der Waals surface area contributed by atoms with Crippen LogP contribution in [0.4, 0.5) is 4.39 Å². The number of piperidine rings is 1. The first kappa shape index (κ1) is 38.5. The summed E-state index contributed by atoms with van der Waals surface area (Å²) in [5, 5.41) is 10.7. The number of rotatable bonds is 21. The molecular weight excluding hydrogens is 593 g/mol. The van der Waals surface area contributed by atoms with Crippen LogP contribution >= 0.6 is 12.4 Å². The number of carbonyl (C=O) groups excluding carboxylic acids is 1. The van der Waals surface area contributed by atoms with Crippen LogP contribution < -0.4 is 9.47 Å².